The van der Waals surface area contributed by atoms with E-state index in [0.29, 0.717) is 0 Å². The van der Waals surface area contributed by atoms with Crippen molar-refractivity contribution in [1.82, 2.24) is 9.47 Å². The van der Waals surface area contributed by atoms with Gasteiger partial charge in [0.15, 0.2) is 0 Å². The monoisotopic (exact) mass is 453 g/mol. The van der Waals surface area contributed by atoms with Crippen molar-refractivity contribution in [3.05, 3.63) is 114 Å². The third-order valence-electron chi connectivity index (χ3n) is 7.79. The van der Waals surface area contributed by atoms with Crippen molar-refractivity contribution in [3.8, 4) is 11.1 Å². The molecule has 0 radical (unpaired) electrons. The number of amidine groups is 1. The number of rotatable bonds is 2. The van der Waals surface area contributed by atoms with Gasteiger partial charge in [0, 0.05) is 28.8 Å². The Bertz CT molecular complexity index is 1700. The number of para-hydroxylation sites is 1. The van der Waals surface area contributed by atoms with Gasteiger partial charge in [-0.15, -0.1) is 0 Å². The van der Waals surface area contributed by atoms with Gasteiger partial charge in [-0.3, -0.25) is 0 Å². The fourth-order valence-electron chi connectivity index (χ4n) is 6.08. The lowest BCUT2D eigenvalue weighted by Crippen LogP contribution is -2.32. The molecule has 3 nitrogen and oxygen atoms in total. The summed E-state index contributed by atoms with van der Waals surface area (Å²) in [6.45, 7) is 5.49. The number of aromatic nitrogens is 1. The van der Waals surface area contributed by atoms with Crippen molar-refractivity contribution < 1.29 is 0 Å². The van der Waals surface area contributed by atoms with Gasteiger partial charge in [0.2, 0.25) is 0 Å². The first-order valence-corrected chi connectivity index (χ1v) is 12.3. The summed E-state index contributed by atoms with van der Waals surface area (Å²) in [6.07, 6.45) is 2.05. The van der Waals surface area contributed by atoms with E-state index in [4.69, 9.17) is 4.99 Å². The predicted octanol–water partition coefficient (Wildman–Crippen LogP) is 7.29. The molecule has 3 heteroatoms. The van der Waals surface area contributed by atoms with Crippen molar-refractivity contribution in [2.75, 3.05) is 13.6 Å². The molecule has 0 N–H and O–H groups in total. The van der Waals surface area contributed by atoms with E-state index in [1.54, 1.807) is 0 Å². The average molecular weight is 454 g/mol. The van der Waals surface area contributed by atoms with Crippen LogP contribution < -0.4 is 0 Å². The highest BCUT2D eigenvalue weighted by Crippen LogP contribution is 2.50. The molecule has 1 aliphatic heterocycles. The van der Waals surface area contributed by atoms with Crippen LogP contribution in [-0.4, -0.2) is 28.9 Å². The third kappa shape index (κ3) is 2.81. The van der Waals surface area contributed by atoms with Gasteiger partial charge in [-0.2, -0.15) is 0 Å². The van der Waals surface area contributed by atoms with Crippen LogP contribution in [0.25, 0.3) is 38.6 Å². The van der Waals surface area contributed by atoms with Crippen LogP contribution in [-0.2, 0) is 5.41 Å². The van der Waals surface area contributed by atoms with E-state index in [-0.39, 0.29) is 5.41 Å². The normalized spacial score (nSPS) is 16.3. The summed E-state index contributed by atoms with van der Waals surface area (Å²) in [5.41, 5.74) is 10.3. The van der Waals surface area contributed by atoms with Crippen molar-refractivity contribution in [1.29, 1.82) is 0 Å². The molecule has 0 atom stereocenters. The minimum atomic E-state index is -0.0114. The van der Waals surface area contributed by atoms with Crippen LogP contribution in [0.15, 0.2) is 102 Å². The Labute approximate surface area is 205 Å². The van der Waals surface area contributed by atoms with E-state index in [0.717, 1.165) is 17.9 Å². The number of hydrogen-bond donors (Lipinski definition) is 0. The van der Waals surface area contributed by atoms with E-state index in [2.05, 4.69) is 121 Å². The molecule has 0 saturated heterocycles. The zero-order valence-electron chi connectivity index (χ0n) is 20.3. The van der Waals surface area contributed by atoms with Crippen molar-refractivity contribution in [2.24, 2.45) is 4.99 Å². The fraction of sp³-hybridized carbons (Fsp3) is 0.156. The number of benzene rings is 4. The highest BCUT2D eigenvalue weighted by Gasteiger charge is 2.36. The summed E-state index contributed by atoms with van der Waals surface area (Å²) in [5.74, 6) is 1.01. The highest BCUT2D eigenvalue weighted by molar-refractivity contribution is 6.12. The Hall–Kier alpha value is -4.11. The molecular formula is C32H27N3. The summed E-state index contributed by atoms with van der Waals surface area (Å²) in [7, 11) is 2.13. The molecule has 7 rings (SSSR count). The van der Waals surface area contributed by atoms with Gasteiger partial charge in [-0.05, 0) is 40.5 Å². The number of fused-ring (bicyclic) bond motifs is 6. The Balaban J connectivity index is 1.49. The second-order valence-corrected chi connectivity index (χ2v) is 10.2. The molecule has 4 aromatic carbocycles. The second kappa shape index (κ2) is 7.19. The lowest BCUT2D eigenvalue weighted by atomic mass is 9.82. The molecule has 1 aliphatic carbocycles. The number of nitrogens with zero attached hydrogens (tertiary/aromatic N) is 3. The van der Waals surface area contributed by atoms with E-state index in [1.807, 2.05) is 6.07 Å². The maximum atomic E-state index is 4.92. The summed E-state index contributed by atoms with van der Waals surface area (Å²) >= 11 is 0. The first kappa shape index (κ1) is 20.3. The Kier molecular flexibility index (Phi) is 4.17. The van der Waals surface area contributed by atoms with Crippen LogP contribution in [0.2, 0.25) is 0 Å². The highest BCUT2D eigenvalue weighted by atomic mass is 15.2. The molecule has 0 unspecified atom stereocenters. The molecule has 2 aliphatic rings. The molecule has 0 amide bonds. The van der Waals surface area contributed by atoms with Crippen molar-refractivity contribution >= 4 is 33.3 Å². The van der Waals surface area contributed by atoms with Gasteiger partial charge in [0.25, 0.3) is 0 Å². The molecule has 0 saturated carbocycles. The quantitative estimate of drug-likeness (QED) is 0.275. The zero-order chi connectivity index (χ0) is 23.7. The largest absolute Gasteiger partial charge is 0.353 e. The van der Waals surface area contributed by atoms with E-state index in [9.17, 15) is 0 Å². The smallest absolute Gasteiger partial charge is 0.135 e. The van der Waals surface area contributed by atoms with E-state index in [1.165, 1.54) is 49.8 Å². The van der Waals surface area contributed by atoms with Gasteiger partial charge in [0.05, 0.1) is 29.5 Å². The maximum absolute atomic E-state index is 4.92. The molecule has 35 heavy (non-hydrogen) atoms. The Morgan fingerprint density at radius 3 is 2.29 bits per heavy atom. The summed E-state index contributed by atoms with van der Waals surface area (Å²) < 4.78 is 2.42. The van der Waals surface area contributed by atoms with Crippen LogP contribution in [0.4, 0.5) is 0 Å². The van der Waals surface area contributed by atoms with Gasteiger partial charge >= 0.3 is 0 Å². The topological polar surface area (TPSA) is 20.5 Å². The van der Waals surface area contributed by atoms with Gasteiger partial charge in [-0.25, -0.2) is 4.99 Å². The van der Waals surface area contributed by atoms with Crippen LogP contribution in [0.3, 0.4) is 0 Å². The summed E-state index contributed by atoms with van der Waals surface area (Å²) in [5, 5.41) is 2.60. The first-order chi connectivity index (χ1) is 17.0. The molecule has 0 fully saturated rings. The molecule has 0 spiro atoms. The minimum Gasteiger partial charge on any atom is -0.353 e. The average Bonchev–Trinajstić information content (AvgIpc) is 3.32. The number of hydrogen-bond acceptors (Lipinski definition) is 2. The van der Waals surface area contributed by atoms with Crippen LogP contribution in [0.1, 0.15) is 30.5 Å². The minimum absolute atomic E-state index is 0.0114. The Morgan fingerprint density at radius 1 is 0.714 bits per heavy atom. The van der Waals surface area contributed by atoms with Crippen LogP contribution in [0.5, 0.6) is 0 Å². The molecule has 170 valence electrons. The standard InChI is InChI=1S/C32H27N3/c1-32(2)27-15-9-7-13-23(27)25-18-30-26(17-28(25)32)24-14-8-10-16-29(24)35(30)22-19-33-31(34(3)20-22)21-11-5-4-6-12-21/h4-19H,20H2,1-3H3. The van der Waals surface area contributed by atoms with Gasteiger partial charge in [0.1, 0.15) is 5.84 Å². The van der Waals surface area contributed by atoms with Crippen molar-refractivity contribution in [2.45, 2.75) is 19.3 Å². The first-order valence-electron chi connectivity index (χ1n) is 12.3. The molecule has 1 aromatic heterocycles. The maximum Gasteiger partial charge on any atom is 0.135 e. The zero-order valence-corrected chi connectivity index (χ0v) is 20.3. The van der Waals surface area contributed by atoms with Crippen LogP contribution in [0, 0.1) is 0 Å². The predicted molar refractivity (Wildman–Crippen MR) is 147 cm³/mol. The molecular weight excluding hydrogens is 426 g/mol. The molecule has 0 bridgehead atoms. The SMILES string of the molecule is CN1CC(n2c3ccccc3c3cc4c(cc32)-c2ccccc2C4(C)C)=CN=C1c1ccccc1. The third-order valence-corrected chi connectivity index (χ3v) is 7.79. The lowest BCUT2D eigenvalue weighted by molar-refractivity contribution is 0.557. The van der Waals surface area contributed by atoms with Crippen molar-refractivity contribution in [3.63, 3.8) is 0 Å². The lowest BCUT2D eigenvalue weighted by Gasteiger charge is -2.27. The Morgan fingerprint density at radius 2 is 1.46 bits per heavy atom. The second-order valence-electron chi connectivity index (χ2n) is 10.2. The van der Waals surface area contributed by atoms with E-state index < -0.39 is 0 Å². The molecule has 2 heterocycles. The summed E-state index contributed by atoms with van der Waals surface area (Å²) in [4.78, 5) is 7.17. The fourth-order valence-corrected chi connectivity index (χ4v) is 6.08. The molecule has 5 aromatic rings. The van der Waals surface area contributed by atoms with Crippen LogP contribution >= 0.6 is 0 Å². The van der Waals surface area contributed by atoms with E-state index >= 15 is 0 Å². The van der Waals surface area contributed by atoms with Gasteiger partial charge in [-0.1, -0.05) is 86.6 Å². The van der Waals surface area contributed by atoms with Gasteiger partial charge < -0.3 is 9.47 Å². The number of likely N-dealkylation sites (N-methyl/N-ethyl adjacent to an activating group) is 1. The summed E-state index contributed by atoms with van der Waals surface area (Å²) in [6, 6.07) is 32.9. The number of aliphatic imine (C=N–C) groups is 1.